The number of carbonyl (C=O) groups is 1. The number of carbonyl (C=O) groups excluding carboxylic acids is 1. The summed E-state index contributed by atoms with van der Waals surface area (Å²) in [6.07, 6.45) is 9.20. The molecule has 1 aromatic rings. The van der Waals surface area contributed by atoms with E-state index >= 15 is 0 Å². The molecule has 0 N–H and O–H groups in total. The van der Waals surface area contributed by atoms with Gasteiger partial charge in [-0.3, -0.25) is 9.48 Å². The number of nitrogens with zero attached hydrogens (tertiary/aromatic N) is 3. The standard InChI is InChI=1S/C13H18BrN3O/c1-16-9-13(6-12(16)18)4-2-11(3-5-13)17-8-10(14)7-15-17/h7-8,11H,2-6,9H2,1H3/t11-,13+. The second-order valence-corrected chi connectivity index (χ2v) is 6.71. The van der Waals surface area contributed by atoms with E-state index < -0.39 is 0 Å². The highest BCUT2D eigenvalue weighted by Crippen LogP contribution is 2.46. The molecule has 3 rings (SSSR count). The van der Waals surface area contributed by atoms with Crippen molar-refractivity contribution in [3.05, 3.63) is 16.9 Å². The largest absolute Gasteiger partial charge is 0.345 e. The van der Waals surface area contributed by atoms with Crippen molar-refractivity contribution in [2.24, 2.45) is 5.41 Å². The van der Waals surface area contributed by atoms with Gasteiger partial charge in [-0.05, 0) is 47.0 Å². The quantitative estimate of drug-likeness (QED) is 0.799. The van der Waals surface area contributed by atoms with Crippen molar-refractivity contribution in [1.29, 1.82) is 0 Å². The summed E-state index contributed by atoms with van der Waals surface area (Å²) in [5, 5.41) is 4.38. The fraction of sp³-hybridized carbons (Fsp3) is 0.692. The van der Waals surface area contributed by atoms with Crippen LogP contribution in [0.4, 0.5) is 0 Å². The lowest BCUT2D eigenvalue weighted by Crippen LogP contribution is -2.31. The third kappa shape index (κ3) is 2.09. The van der Waals surface area contributed by atoms with Gasteiger partial charge in [-0.25, -0.2) is 0 Å². The van der Waals surface area contributed by atoms with Crippen LogP contribution in [0.5, 0.6) is 0 Å². The van der Waals surface area contributed by atoms with Gasteiger partial charge in [0.25, 0.3) is 0 Å². The number of hydrogen-bond donors (Lipinski definition) is 0. The lowest BCUT2D eigenvalue weighted by atomic mass is 9.72. The number of rotatable bonds is 1. The molecular formula is C13H18BrN3O. The van der Waals surface area contributed by atoms with Crippen molar-refractivity contribution in [3.63, 3.8) is 0 Å². The highest BCUT2D eigenvalue weighted by atomic mass is 79.9. The van der Waals surface area contributed by atoms with Crippen molar-refractivity contribution in [2.75, 3.05) is 13.6 Å². The topological polar surface area (TPSA) is 38.1 Å². The Morgan fingerprint density at radius 1 is 1.44 bits per heavy atom. The summed E-state index contributed by atoms with van der Waals surface area (Å²) >= 11 is 3.44. The van der Waals surface area contributed by atoms with Gasteiger partial charge in [0.05, 0.1) is 16.7 Å². The van der Waals surface area contributed by atoms with Gasteiger partial charge in [0, 0.05) is 26.2 Å². The number of aromatic nitrogens is 2. The Hall–Kier alpha value is -0.840. The number of hydrogen-bond acceptors (Lipinski definition) is 2. The zero-order valence-electron chi connectivity index (χ0n) is 10.6. The Bertz CT molecular complexity index is 463. The smallest absolute Gasteiger partial charge is 0.222 e. The average Bonchev–Trinajstić information content (AvgIpc) is 2.86. The van der Waals surface area contributed by atoms with Crippen LogP contribution in [-0.4, -0.2) is 34.2 Å². The Morgan fingerprint density at radius 2 is 2.17 bits per heavy atom. The predicted molar refractivity (Wildman–Crippen MR) is 72.1 cm³/mol. The van der Waals surface area contributed by atoms with Crippen LogP contribution in [0, 0.1) is 5.41 Å². The van der Waals surface area contributed by atoms with Gasteiger partial charge in [0.1, 0.15) is 0 Å². The summed E-state index contributed by atoms with van der Waals surface area (Å²) in [5.74, 6) is 0.315. The molecule has 1 amide bonds. The van der Waals surface area contributed by atoms with Gasteiger partial charge in [0.15, 0.2) is 0 Å². The zero-order chi connectivity index (χ0) is 12.8. The van der Waals surface area contributed by atoms with Crippen LogP contribution in [-0.2, 0) is 4.79 Å². The number of likely N-dealkylation sites (tertiary alicyclic amines) is 1. The van der Waals surface area contributed by atoms with Crippen molar-refractivity contribution in [2.45, 2.75) is 38.1 Å². The summed E-state index contributed by atoms with van der Waals surface area (Å²) in [6, 6.07) is 0.503. The molecule has 0 radical (unpaired) electrons. The van der Waals surface area contributed by atoms with E-state index in [2.05, 4.69) is 31.9 Å². The monoisotopic (exact) mass is 311 g/mol. The first-order chi connectivity index (χ1) is 8.58. The molecule has 0 unspecified atom stereocenters. The minimum absolute atomic E-state index is 0.257. The number of halogens is 1. The predicted octanol–water partition coefficient (Wildman–Crippen LogP) is 2.61. The van der Waals surface area contributed by atoms with Gasteiger partial charge in [0.2, 0.25) is 5.91 Å². The Balaban J connectivity index is 1.67. The molecule has 2 heterocycles. The van der Waals surface area contributed by atoms with Crippen LogP contribution >= 0.6 is 15.9 Å². The van der Waals surface area contributed by atoms with Crippen LogP contribution in [0.2, 0.25) is 0 Å². The Morgan fingerprint density at radius 3 is 2.67 bits per heavy atom. The van der Waals surface area contributed by atoms with Gasteiger partial charge in [-0.1, -0.05) is 0 Å². The van der Waals surface area contributed by atoms with Crippen molar-refractivity contribution in [3.8, 4) is 0 Å². The maximum Gasteiger partial charge on any atom is 0.222 e. The summed E-state index contributed by atoms with van der Waals surface area (Å²) < 4.78 is 3.11. The lowest BCUT2D eigenvalue weighted by Gasteiger charge is -2.36. The van der Waals surface area contributed by atoms with Crippen LogP contribution in [0.15, 0.2) is 16.9 Å². The second kappa shape index (κ2) is 4.37. The molecule has 98 valence electrons. The van der Waals surface area contributed by atoms with E-state index in [4.69, 9.17) is 0 Å². The molecule has 1 aromatic heterocycles. The highest BCUT2D eigenvalue weighted by molar-refractivity contribution is 9.10. The zero-order valence-corrected chi connectivity index (χ0v) is 12.2. The maximum absolute atomic E-state index is 11.7. The molecule has 18 heavy (non-hydrogen) atoms. The minimum Gasteiger partial charge on any atom is -0.345 e. The third-order valence-corrected chi connectivity index (χ3v) is 4.89. The molecule has 0 aromatic carbocycles. The van der Waals surface area contributed by atoms with E-state index in [-0.39, 0.29) is 5.41 Å². The molecular weight excluding hydrogens is 294 g/mol. The summed E-state index contributed by atoms with van der Waals surface area (Å²) in [6.45, 7) is 0.946. The van der Waals surface area contributed by atoms with Crippen LogP contribution in [0.25, 0.3) is 0 Å². The minimum atomic E-state index is 0.257. The third-order valence-electron chi connectivity index (χ3n) is 4.48. The first-order valence-corrected chi connectivity index (χ1v) is 7.31. The molecule has 4 nitrogen and oxygen atoms in total. The van der Waals surface area contributed by atoms with E-state index in [1.54, 1.807) is 0 Å². The lowest BCUT2D eigenvalue weighted by molar-refractivity contribution is -0.126. The summed E-state index contributed by atoms with van der Waals surface area (Å²) in [5.41, 5.74) is 0.257. The van der Waals surface area contributed by atoms with E-state index in [9.17, 15) is 4.79 Å². The van der Waals surface area contributed by atoms with E-state index in [0.717, 1.165) is 43.1 Å². The van der Waals surface area contributed by atoms with Crippen LogP contribution in [0.3, 0.4) is 0 Å². The molecule has 1 spiro atoms. The summed E-state index contributed by atoms with van der Waals surface area (Å²) in [4.78, 5) is 13.6. The molecule has 1 saturated carbocycles. The molecule has 0 bridgehead atoms. The van der Waals surface area contributed by atoms with Crippen LogP contribution in [0.1, 0.15) is 38.1 Å². The van der Waals surface area contributed by atoms with Gasteiger partial charge >= 0.3 is 0 Å². The van der Waals surface area contributed by atoms with Crippen LogP contribution < -0.4 is 0 Å². The van der Waals surface area contributed by atoms with Gasteiger partial charge in [-0.15, -0.1) is 0 Å². The normalized spacial score (nSPS) is 32.4. The van der Waals surface area contributed by atoms with Crippen molar-refractivity contribution < 1.29 is 4.79 Å². The van der Waals surface area contributed by atoms with Crippen molar-refractivity contribution >= 4 is 21.8 Å². The molecule has 0 atom stereocenters. The SMILES string of the molecule is CN1C[C@]2(CC[C@@H](n3cc(Br)cn3)CC2)CC1=O. The molecule has 2 aliphatic rings. The molecule has 5 heteroatoms. The van der Waals surface area contributed by atoms with E-state index in [0.29, 0.717) is 11.9 Å². The maximum atomic E-state index is 11.7. The van der Waals surface area contributed by atoms with E-state index in [1.165, 1.54) is 0 Å². The Labute approximate surface area is 115 Å². The van der Waals surface area contributed by atoms with E-state index in [1.807, 2.05) is 18.1 Å². The Kier molecular flexibility index (Phi) is 2.96. The molecule has 2 fully saturated rings. The molecule has 1 saturated heterocycles. The fourth-order valence-electron chi connectivity index (χ4n) is 3.43. The first-order valence-electron chi connectivity index (χ1n) is 6.52. The summed E-state index contributed by atoms with van der Waals surface area (Å²) in [7, 11) is 1.92. The molecule has 1 aliphatic carbocycles. The number of amides is 1. The first kappa shape index (κ1) is 12.2. The average molecular weight is 312 g/mol. The fourth-order valence-corrected chi connectivity index (χ4v) is 3.73. The van der Waals surface area contributed by atoms with Gasteiger partial charge < -0.3 is 4.90 Å². The second-order valence-electron chi connectivity index (χ2n) is 5.80. The van der Waals surface area contributed by atoms with Gasteiger partial charge in [-0.2, -0.15) is 5.10 Å². The molecule has 1 aliphatic heterocycles. The van der Waals surface area contributed by atoms with Crippen molar-refractivity contribution in [1.82, 2.24) is 14.7 Å². The highest BCUT2D eigenvalue weighted by Gasteiger charge is 2.44.